The lowest BCUT2D eigenvalue weighted by Crippen LogP contribution is -2.19. The summed E-state index contributed by atoms with van der Waals surface area (Å²) in [6.07, 6.45) is 4.02. The zero-order valence-corrected chi connectivity index (χ0v) is 20.5. The van der Waals surface area contributed by atoms with E-state index in [1.807, 2.05) is 39.0 Å². The van der Waals surface area contributed by atoms with E-state index in [0.29, 0.717) is 23.5 Å². The molecule has 0 radical (unpaired) electrons. The first-order valence-electron chi connectivity index (χ1n) is 12.2. The van der Waals surface area contributed by atoms with Gasteiger partial charge in [0, 0.05) is 28.6 Å². The molecule has 1 atom stereocenters. The van der Waals surface area contributed by atoms with Gasteiger partial charge in [0.1, 0.15) is 11.6 Å². The first-order valence-corrected chi connectivity index (χ1v) is 12.2. The van der Waals surface area contributed by atoms with Crippen molar-refractivity contribution in [2.24, 2.45) is 5.73 Å². The van der Waals surface area contributed by atoms with Gasteiger partial charge in [-0.25, -0.2) is 4.39 Å². The molecule has 2 aromatic carbocycles. The van der Waals surface area contributed by atoms with Gasteiger partial charge in [-0.2, -0.15) is 0 Å². The Bertz CT molecular complexity index is 1190. The lowest BCUT2D eigenvalue weighted by molar-refractivity contribution is 0.228. The van der Waals surface area contributed by atoms with Crippen LogP contribution >= 0.6 is 0 Å². The van der Waals surface area contributed by atoms with Crippen LogP contribution in [0.15, 0.2) is 48.5 Å². The highest BCUT2D eigenvalue weighted by Crippen LogP contribution is 2.36. The van der Waals surface area contributed by atoms with E-state index < -0.39 is 11.9 Å². The molecule has 184 valence electrons. The van der Waals surface area contributed by atoms with E-state index >= 15 is 4.39 Å². The van der Waals surface area contributed by atoms with Crippen LogP contribution < -0.4 is 20.5 Å². The molecule has 0 saturated heterocycles. The minimum Gasteiger partial charge on any atom is -0.494 e. The molecule has 0 fully saturated rings. The van der Waals surface area contributed by atoms with Crippen molar-refractivity contribution in [2.75, 3.05) is 11.9 Å². The van der Waals surface area contributed by atoms with Crippen LogP contribution in [0, 0.1) is 11.2 Å². The summed E-state index contributed by atoms with van der Waals surface area (Å²) < 4.78 is 27.5. The summed E-state index contributed by atoms with van der Waals surface area (Å²) in [4.78, 5) is 4.97. The number of amidine groups is 1. The largest absolute Gasteiger partial charge is 0.494 e. The third-order valence-electron chi connectivity index (χ3n) is 6.03. The second-order valence-electron chi connectivity index (χ2n) is 9.04. The Morgan fingerprint density at radius 1 is 1.11 bits per heavy atom. The maximum atomic E-state index is 15.9. The fourth-order valence-electron chi connectivity index (χ4n) is 4.38. The first kappa shape index (κ1) is 24.5. The van der Waals surface area contributed by atoms with E-state index in [1.54, 1.807) is 24.3 Å². The van der Waals surface area contributed by atoms with E-state index in [9.17, 15) is 0 Å². The Balaban J connectivity index is 1.82. The zero-order valence-electron chi connectivity index (χ0n) is 20.5. The Morgan fingerprint density at radius 3 is 2.54 bits per heavy atom. The number of nitrogens with zero attached hydrogens (tertiary/aromatic N) is 1. The standard InChI is InChI=1S/C28H33FN4O2/c1-4-34-21-15-22(26(29)25(16-21)35-17(2)3)27(32-20-12-9-19(10-13-20)28(30)31)24-14-11-18-7-5-6-8-23(18)33-24/h9-17,27,32H,4-8H2,1-3H3,(H3,30,31). The molecule has 0 spiro atoms. The third kappa shape index (κ3) is 5.73. The minimum absolute atomic E-state index is 0.00427. The fourth-order valence-corrected chi connectivity index (χ4v) is 4.38. The number of hydrogen-bond acceptors (Lipinski definition) is 5. The predicted octanol–water partition coefficient (Wildman–Crippen LogP) is 5.77. The van der Waals surface area contributed by atoms with Gasteiger partial charge >= 0.3 is 0 Å². The maximum Gasteiger partial charge on any atom is 0.171 e. The number of anilines is 1. The van der Waals surface area contributed by atoms with Gasteiger partial charge in [0.2, 0.25) is 0 Å². The molecule has 1 aromatic heterocycles. The van der Waals surface area contributed by atoms with Gasteiger partial charge in [-0.15, -0.1) is 0 Å². The Labute approximate surface area is 206 Å². The molecule has 4 rings (SSSR count). The summed E-state index contributed by atoms with van der Waals surface area (Å²) in [6, 6.07) is 14.0. The van der Waals surface area contributed by atoms with Crippen LogP contribution in [0.5, 0.6) is 11.5 Å². The van der Waals surface area contributed by atoms with Crippen molar-refractivity contribution in [3.05, 3.63) is 82.4 Å². The SMILES string of the molecule is CCOc1cc(OC(C)C)c(F)c(C(Nc2ccc(C(=N)N)cc2)c2ccc3c(n2)CCCC3)c1. The molecule has 35 heavy (non-hydrogen) atoms. The zero-order chi connectivity index (χ0) is 24.9. The maximum absolute atomic E-state index is 15.9. The number of aryl methyl sites for hydroxylation is 2. The summed E-state index contributed by atoms with van der Waals surface area (Å²) >= 11 is 0. The normalized spacial score (nSPS) is 13.7. The monoisotopic (exact) mass is 476 g/mol. The molecular formula is C28H33FN4O2. The number of nitrogen functional groups attached to an aromatic ring is 1. The van der Waals surface area contributed by atoms with Gasteiger partial charge in [0.25, 0.3) is 0 Å². The average Bonchev–Trinajstić information content (AvgIpc) is 2.84. The van der Waals surface area contributed by atoms with Crippen LogP contribution in [-0.4, -0.2) is 23.5 Å². The summed E-state index contributed by atoms with van der Waals surface area (Å²) in [5, 5.41) is 11.1. The number of nitrogens with one attached hydrogen (secondary N) is 2. The molecule has 0 bridgehead atoms. The lowest BCUT2D eigenvalue weighted by atomic mass is 9.94. The number of hydrogen-bond donors (Lipinski definition) is 3. The summed E-state index contributed by atoms with van der Waals surface area (Å²) in [5.41, 5.74) is 10.4. The molecule has 0 aliphatic heterocycles. The number of benzene rings is 2. The van der Waals surface area contributed by atoms with Gasteiger partial charge in [-0.05, 0) is 88.4 Å². The van der Waals surface area contributed by atoms with E-state index in [-0.39, 0.29) is 17.7 Å². The van der Waals surface area contributed by atoms with Crippen LogP contribution in [0.1, 0.15) is 67.7 Å². The lowest BCUT2D eigenvalue weighted by Gasteiger charge is -2.25. The number of ether oxygens (including phenoxy) is 2. The van der Waals surface area contributed by atoms with E-state index in [1.165, 1.54) is 12.0 Å². The van der Waals surface area contributed by atoms with Crippen molar-refractivity contribution in [3.63, 3.8) is 0 Å². The number of rotatable bonds is 9. The minimum atomic E-state index is -0.583. The molecule has 1 heterocycles. The number of halogens is 1. The first-order chi connectivity index (χ1) is 16.9. The van der Waals surface area contributed by atoms with Gasteiger partial charge in [-0.3, -0.25) is 10.4 Å². The summed E-state index contributed by atoms with van der Waals surface area (Å²) in [7, 11) is 0. The molecule has 1 aliphatic rings. The van der Waals surface area contributed by atoms with Gasteiger partial charge in [-0.1, -0.05) is 6.07 Å². The topological polar surface area (TPSA) is 93.2 Å². The molecule has 7 heteroatoms. The third-order valence-corrected chi connectivity index (χ3v) is 6.03. The van der Waals surface area contributed by atoms with Crippen molar-refractivity contribution in [1.29, 1.82) is 5.41 Å². The van der Waals surface area contributed by atoms with Crippen molar-refractivity contribution < 1.29 is 13.9 Å². The number of aromatic nitrogens is 1. The van der Waals surface area contributed by atoms with Crippen molar-refractivity contribution in [2.45, 2.75) is 58.6 Å². The fraction of sp³-hybridized carbons (Fsp3) is 0.357. The smallest absolute Gasteiger partial charge is 0.171 e. The second kappa shape index (κ2) is 10.8. The average molecular weight is 477 g/mol. The molecule has 1 aliphatic carbocycles. The Hall–Kier alpha value is -3.61. The Kier molecular flexibility index (Phi) is 7.54. The number of pyridine rings is 1. The van der Waals surface area contributed by atoms with Crippen molar-refractivity contribution >= 4 is 11.5 Å². The molecule has 1 unspecified atom stereocenters. The Morgan fingerprint density at radius 2 is 1.86 bits per heavy atom. The van der Waals surface area contributed by atoms with Crippen LogP contribution in [0.3, 0.4) is 0 Å². The van der Waals surface area contributed by atoms with Gasteiger partial charge < -0.3 is 20.5 Å². The highest BCUT2D eigenvalue weighted by Gasteiger charge is 2.25. The van der Waals surface area contributed by atoms with Crippen LogP contribution in [0.2, 0.25) is 0 Å². The van der Waals surface area contributed by atoms with Crippen LogP contribution in [-0.2, 0) is 12.8 Å². The molecule has 4 N–H and O–H groups in total. The van der Waals surface area contributed by atoms with E-state index in [0.717, 1.165) is 36.3 Å². The van der Waals surface area contributed by atoms with Crippen molar-refractivity contribution in [3.8, 4) is 11.5 Å². The molecular weight excluding hydrogens is 443 g/mol. The van der Waals surface area contributed by atoms with Gasteiger partial charge in [0.15, 0.2) is 11.6 Å². The summed E-state index contributed by atoms with van der Waals surface area (Å²) in [5.74, 6) is 0.240. The van der Waals surface area contributed by atoms with Crippen LogP contribution in [0.4, 0.5) is 10.1 Å². The predicted molar refractivity (Wildman–Crippen MR) is 137 cm³/mol. The van der Waals surface area contributed by atoms with E-state index in [4.69, 9.17) is 25.6 Å². The number of fused-ring (bicyclic) bond motifs is 1. The summed E-state index contributed by atoms with van der Waals surface area (Å²) in [6.45, 7) is 6.07. The molecule has 6 nitrogen and oxygen atoms in total. The molecule has 0 saturated carbocycles. The van der Waals surface area contributed by atoms with Gasteiger partial charge in [0.05, 0.1) is 24.4 Å². The highest BCUT2D eigenvalue weighted by molar-refractivity contribution is 5.95. The van der Waals surface area contributed by atoms with E-state index in [2.05, 4.69) is 11.4 Å². The second-order valence-corrected chi connectivity index (χ2v) is 9.04. The molecule has 3 aromatic rings. The van der Waals surface area contributed by atoms with Crippen LogP contribution in [0.25, 0.3) is 0 Å². The number of nitrogens with two attached hydrogens (primary N) is 1. The molecule has 0 amide bonds. The highest BCUT2D eigenvalue weighted by atomic mass is 19.1. The van der Waals surface area contributed by atoms with Crippen molar-refractivity contribution in [1.82, 2.24) is 4.98 Å². The quantitative estimate of drug-likeness (QED) is 0.269.